The van der Waals surface area contributed by atoms with Gasteiger partial charge in [-0.3, -0.25) is 14.5 Å². The molecule has 0 aromatic rings. The summed E-state index contributed by atoms with van der Waals surface area (Å²) in [5.74, 6) is -2.63. The topological polar surface area (TPSA) is 90.0 Å². The van der Waals surface area contributed by atoms with Gasteiger partial charge < -0.3 is 9.47 Å². The minimum absolute atomic E-state index is 0.0180. The van der Waals surface area contributed by atoms with Gasteiger partial charge in [0.15, 0.2) is 0 Å². The highest BCUT2D eigenvalue weighted by atomic mass is 16.5. The van der Waals surface area contributed by atoms with E-state index in [9.17, 15) is 19.2 Å². The van der Waals surface area contributed by atoms with Crippen LogP contribution in [-0.4, -0.2) is 48.9 Å². The van der Waals surface area contributed by atoms with Crippen LogP contribution in [0.1, 0.15) is 13.8 Å². The lowest BCUT2D eigenvalue weighted by atomic mass is 10.00. The second-order valence-electron chi connectivity index (χ2n) is 4.43. The van der Waals surface area contributed by atoms with Crippen molar-refractivity contribution in [3.63, 3.8) is 0 Å². The van der Waals surface area contributed by atoms with Crippen molar-refractivity contribution in [2.75, 3.05) is 20.3 Å². The number of likely N-dealkylation sites (tertiary alicyclic amines) is 1. The molecule has 0 aromatic heterocycles. The summed E-state index contributed by atoms with van der Waals surface area (Å²) in [5, 5.41) is 0. The molecule has 1 aliphatic rings. The quantitative estimate of drug-likeness (QED) is 0.397. The van der Waals surface area contributed by atoms with Gasteiger partial charge in [0.2, 0.25) is 11.8 Å². The fourth-order valence-electron chi connectivity index (χ4n) is 1.74. The first kappa shape index (κ1) is 15.9. The summed E-state index contributed by atoms with van der Waals surface area (Å²) in [6.45, 7) is 3.29. The Bertz CT molecular complexity index is 436. The first-order valence-electron chi connectivity index (χ1n) is 6.16. The standard InChI is InChI=1S/C13H17NO6/c1-8-9(2)13(18)14(12(8)17)6-7-20-11(16)5-4-10(15)19-3/h4-5,8-9H,6-7H2,1-3H3/b5-4+/t8-,9+. The zero-order valence-corrected chi connectivity index (χ0v) is 11.6. The predicted molar refractivity (Wildman–Crippen MR) is 67.2 cm³/mol. The Hall–Kier alpha value is -2.18. The number of rotatable bonds is 5. The molecule has 2 atom stereocenters. The molecule has 7 nitrogen and oxygen atoms in total. The Morgan fingerprint density at radius 2 is 1.60 bits per heavy atom. The minimum Gasteiger partial charge on any atom is -0.466 e. The van der Waals surface area contributed by atoms with Crippen LogP contribution in [0.3, 0.4) is 0 Å². The predicted octanol–water partition coefficient (Wildman–Crippen LogP) is -0.100. The summed E-state index contributed by atoms with van der Waals surface area (Å²) in [6.07, 6.45) is 1.85. The second-order valence-corrected chi connectivity index (χ2v) is 4.43. The molecule has 20 heavy (non-hydrogen) atoms. The lowest BCUT2D eigenvalue weighted by Crippen LogP contribution is -2.34. The molecule has 0 N–H and O–H groups in total. The first-order chi connectivity index (χ1) is 9.38. The van der Waals surface area contributed by atoms with E-state index in [1.54, 1.807) is 13.8 Å². The number of carbonyl (C=O) groups excluding carboxylic acids is 4. The van der Waals surface area contributed by atoms with Crippen LogP contribution in [0.15, 0.2) is 12.2 Å². The maximum absolute atomic E-state index is 11.7. The Morgan fingerprint density at radius 3 is 2.10 bits per heavy atom. The van der Waals surface area contributed by atoms with E-state index in [0.717, 1.165) is 17.1 Å². The largest absolute Gasteiger partial charge is 0.466 e. The highest BCUT2D eigenvalue weighted by Gasteiger charge is 2.41. The van der Waals surface area contributed by atoms with E-state index < -0.39 is 11.9 Å². The monoisotopic (exact) mass is 283 g/mol. The van der Waals surface area contributed by atoms with Gasteiger partial charge in [0.1, 0.15) is 6.61 Å². The normalized spacial score (nSPS) is 22.4. The maximum atomic E-state index is 11.7. The molecule has 1 heterocycles. The lowest BCUT2D eigenvalue weighted by Gasteiger charge is -2.13. The number of nitrogens with zero attached hydrogens (tertiary/aromatic N) is 1. The van der Waals surface area contributed by atoms with Crippen molar-refractivity contribution in [2.45, 2.75) is 13.8 Å². The smallest absolute Gasteiger partial charge is 0.331 e. The number of methoxy groups -OCH3 is 1. The fraction of sp³-hybridized carbons (Fsp3) is 0.538. The molecule has 0 radical (unpaired) electrons. The molecule has 0 saturated carbocycles. The van der Waals surface area contributed by atoms with Crippen molar-refractivity contribution in [1.29, 1.82) is 0 Å². The van der Waals surface area contributed by atoms with Crippen molar-refractivity contribution < 1.29 is 28.7 Å². The first-order valence-corrected chi connectivity index (χ1v) is 6.16. The number of esters is 2. The molecule has 0 aliphatic carbocycles. The van der Waals surface area contributed by atoms with Gasteiger partial charge in [-0.1, -0.05) is 13.8 Å². The van der Waals surface area contributed by atoms with Gasteiger partial charge in [0.25, 0.3) is 0 Å². The van der Waals surface area contributed by atoms with E-state index in [0.29, 0.717) is 0 Å². The average Bonchev–Trinajstić information content (AvgIpc) is 2.62. The van der Waals surface area contributed by atoms with Crippen molar-refractivity contribution in [1.82, 2.24) is 4.90 Å². The molecule has 1 rings (SSSR count). The van der Waals surface area contributed by atoms with Gasteiger partial charge in [0, 0.05) is 24.0 Å². The average molecular weight is 283 g/mol. The molecule has 0 aromatic carbocycles. The second kappa shape index (κ2) is 6.83. The molecule has 1 aliphatic heterocycles. The lowest BCUT2D eigenvalue weighted by molar-refractivity contribution is -0.145. The van der Waals surface area contributed by atoms with Gasteiger partial charge >= 0.3 is 11.9 Å². The van der Waals surface area contributed by atoms with Crippen LogP contribution in [0.25, 0.3) is 0 Å². The van der Waals surface area contributed by atoms with Crippen LogP contribution in [0.5, 0.6) is 0 Å². The Morgan fingerprint density at radius 1 is 1.10 bits per heavy atom. The van der Waals surface area contributed by atoms with E-state index in [1.165, 1.54) is 7.11 Å². The van der Waals surface area contributed by atoms with E-state index in [1.807, 2.05) is 0 Å². The summed E-state index contributed by atoms with van der Waals surface area (Å²) in [6, 6.07) is 0. The van der Waals surface area contributed by atoms with Gasteiger partial charge in [-0.2, -0.15) is 0 Å². The molecule has 1 saturated heterocycles. The summed E-state index contributed by atoms with van der Waals surface area (Å²) in [7, 11) is 1.19. The molecule has 7 heteroatoms. The minimum atomic E-state index is -0.740. The summed E-state index contributed by atoms with van der Waals surface area (Å²) in [4.78, 5) is 46.5. The van der Waals surface area contributed by atoms with Gasteiger partial charge in [-0.15, -0.1) is 0 Å². The van der Waals surface area contributed by atoms with Crippen LogP contribution in [0, 0.1) is 11.8 Å². The van der Waals surface area contributed by atoms with Crippen LogP contribution >= 0.6 is 0 Å². The highest BCUT2D eigenvalue weighted by Crippen LogP contribution is 2.24. The fourth-order valence-corrected chi connectivity index (χ4v) is 1.74. The van der Waals surface area contributed by atoms with Crippen molar-refractivity contribution >= 4 is 23.8 Å². The molecule has 0 bridgehead atoms. The SMILES string of the molecule is COC(=O)/C=C/C(=O)OCCN1C(=O)[C@@H](C)[C@@H](C)C1=O. The molecule has 0 unspecified atom stereocenters. The number of imide groups is 1. The molecule has 1 fully saturated rings. The third-order valence-corrected chi connectivity index (χ3v) is 3.18. The van der Waals surface area contributed by atoms with Crippen molar-refractivity contribution in [3.05, 3.63) is 12.2 Å². The summed E-state index contributed by atoms with van der Waals surface area (Å²) < 4.78 is 9.09. The number of ether oxygens (including phenoxy) is 2. The molecular weight excluding hydrogens is 266 g/mol. The maximum Gasteiger partial charge on any atom is 0.331 e. The number of hydrogen-bond acceptors (Lipinski definition) is 6. The Labute approximate surface area is 116 Å². The zero-order chi connectivity index (χ0) is 15.3. The van der Waals surface area contributed by atoms with Crippen molar-refractivity contribution in [2.24, 2.45) is 11.8 Å². The Kier molecular flexibility index (Phi) is 5.42. The van der Waals surface area contributed by atoms with E-state index in [-0.39, 0.29) is 36.8 Å². The molecular formula is C13H17NO6. The van der Waals surface area contributed by atoms with Crippen LogP contribution in [-0.2, 0) is 28.7 Å². The van der Waals surface area contributed by atoms with Crippen LogP contribution in [0.2, 0.25) is 0 Å². The van der Waals surface area contributed by atoms with Gasteiger partial charge in [0.05, 0.1) is 13.7 Å². The zero-order valence-electron chi connectivity index (χ0n) is 11.6. The molecule has 2 amide bonds. The number of carbonyl (C=O) groups is 4. The van der Waals surface area contributed by atoms with Crippen LogP contribution in [0.4, 0.5) is 0 Å². The van der Waals surface area contributed by atoms with E-state index >= 15 is 0 Å². The van der Waals surface area contributed by atoms with E-state index in [4.69, 9.17) is 4.74 Å². The Balaban J connectivity index is 2.40. The molecule has 0 spiro atoms. The van der Waals surface area contributed by atoms with E-state index in [2.05, 4.69) is 4.74 Å². The number of hydrogen-bond donors (Lipinski definition) is 0. The van der Waals surface area contributed by atoms with Gasteiger partial charge in [-0.05, 0) is 0 Å². The third-order valence-electron chi connectivity index (χ3n) is 3.18. The summed E-state index contributed by atoms with van der Waals surface area (Å²) >= 11 is 0. The van der Waals surface area contributed by atoms with Crippen LogP contribution < -0.4 is 0 Å². The number of amides is 2. The highest BCUT2D eigenvalue weighted by molar-refractivity contribution is 6.04. The van der Waals surface area contributed by atoms with Crippen molar-refractivity contribution in [3.8, 4) is 0 Å². The van der Waals surface area contributed by atoms with Gasteiger partial charge in [-0.25, -0.2) is 9.59 Å². The molecule has 110 valence electrons. The third kappa shape index (κ3) is 3.66. The summed E-state index contributed by atoms with van der Waals surface area (Å²) in [5.41, 5.74) is 0.